The van der Waals surface area contributed by atoms with Crippen molar-refractivity contribution in [3.63, 3.8) is 0 Å². The Morgan fingerprint density at radius 2 is 1.72 bits per heavy atom. The maximum absolute atomic E-state index is 15.1. The molecular formula is C27H34NO3P. The third-order valence-corrected chi connectivity index (χ3v) is 9.64. The van der Waals surface area contributed by atoms with Crippen LogP contribution in [0.5, 0.6) is 0 Å². The Morgan fingerprint density at radius 1 is 1.06 bits per heavy atom. The molecule has 1 aromatic heterocycles. The fourth-order valence-electron chi connectivity index (χ4n) is 5.37. The van der Waals surface area contributed by atoms with E-state index in [1.165, 1.54) is 6.42 Å². The van der Waals surface area contributed by atoms with E-state index >= 15 is 4.57 Å². The van der Waals surface area contributed by atoms with Crippen molar-refractivity contribution in [1.29, 1.82) is 0 Å². The minimum absolute atomic E-state index is 0.101. The van der Waals surface area contributed by atoms with Crippen molar-refractivity contribution >= 4 is 34.7 Å². The number of aromatic nitrogens is 1. The van der Waals surface area contributed by atoms with E-state index in [1.807, 2.05) is 66.2 Å². The predicted octanol–water partition coefficient (Wildman–Crippen LogP) is 6.09. The number of para-hydroxylation sites is 1. The molecule has 3 aromatic rings. The lowest BCUT2D eigenvalue weighted by Gasteiger charge is -2.39. The van der Waals surface area contributed by atoms with E-state index in [0.29, 0.717) is 34.1 Å². The Morgan fingerprint density at radius 3 is 2.38 bits per heavy atom. The minimum Gasteiger partial charge on any atom is -0.341 e. The van der Waals surface area contributed by atoms with Crippen molar-refractivity contribution in [3.05, 3.63) is 60.3 Å². The zero-order valence-electron chi connectivity index (χ0n) is 19.7. The Hall–Kier alpha value is -2.16. The number of aryl methyl sites for hydroxylation is 1. The van der Waals surface area contributed by atoms with Gasteiger partial charge in [0, 0.05) is 30.2 Å². The molecule has 4 rings (SSSR count). The standard InChI is InChI=1S/C27H34NO3P/c1-18(2)22-16-15-19(3)17-25(22)31-32(30,21-11-7-6-8-12-21)27-23-13-9-10-14-24(23)28(5)26(27)20(4)29/h6-14,18-19,22,25H,15-17H2,1-5H3/t19-,22-,25+,32?/m0/s1. The second-order valence-corrected chi connectivity index (χ2v) is 12.0. The third-order valence-electron chi connectivity index (χ3n) is 7.05. The first-order valence-electron chi connectivity index (χ1n) is 11.7. The molecule has 1 unspecified atom stereocenters. The highest BCUT2D eigenvalue weighted by Gasteiger charge is 2.42. The first-order valence-corrected chi connectivity index (χ1v) is 13.3. The van der Waals surface area contributed by atoms with Gasteiger partial charge in [0.05, 0.1) is 17.1 Å². The van der Waals surface area contributed by atoms with Gasteiger partial charge in [0.2, 0.25) is 0 Å². The normalized spacial score (nSPS) is 23.4. The van der Waals surface area contributed by atoms with E-state index < -0.39 is 7.37 Å². The summed E-state index contributed by atoms with van der Waals surface area (Å²) >= 11 is 0. The second kappa shape index (κ2) is 9.00. The summed E-state index contributed by atoms with van der Waals surface area (Å²) in [7, 11) is -1.68. The summed E-state index contributed by atoms with van der Waals surface area (Å²) in [4.78, 5) is 12.9. The lowest BCUT2D eigenvalue weighted by atomic mass is 9.75. The molecule has 1 saturated carbocycles. The van der Waals surface area contributed by atoms with E-state index in [9.17, 15) is 4.79 Å². The van der Waals surface area contributed by atoms with Crippen LogP contribution < -0.4 is 10.6 Å². The van der Waals surface area contributed by atoms with Crippen molar-refractivity contribution in [1.82, 2.24) is 4.57 Å². The van der Waals surface area contributed by atoms with Crippen LogP contribution in [0.1, 0.15) is 57.4 Å². The van der Waals surface area contributed by atoms with Crippen molar-refractivity contribution in [2.75, 3.05) is 0 Å². The molecule has 1 fully saturated rings. The van der Waals surface area contributed by atoms with Crippen molar-refractivity contribution in [2.24, 2.45) is 24.8 Å². The van der Waals surface area contributed by atoms with Crippen molar-refractivity contribution < 1.29 is 13.9 Å². The fourth-order valence-corrected chi connectivity index (χ4v) is 8.13. The summed E-state index contributed by atoms with van der Waals surface area (Å²) in [6.45, 7) is 8.25. The summed E-state index contributed by atoms with van der Waals surface area (Å²) < 4.78 is 23.8. The average molecular weight is 452 g/mol. The summed E-state index contributed by atoms with van der Waals surface area (Å²) in [6.07, 6.45) is 3.03. The van der Waals surface area contributed by atoms with Crippen LogP contribution in [0.3, 0.4) is 0 Å². The number of nitrogens with zero attached hydrogens (tertiary/aromatic N) is 1. The number of carbonyl (C=O) groups is 1. The van der Waals surface area contributed by atoms with Gasteiger partial charge in [0.25, 0.3) is 7.37 Å². The molecule has 0 spiro atoms. The molecule has 0 radical (unpaired) electrons. The lowest BCUT2D eigenvalue weighted by Crippen LogP contribution is -2.36. The van der Waals surface area contributed by atoms with Crippen LogP contribution in [-0.2, 0) is 16.1 Å². The molecule has 1 aliphatic carbocycles. The Kier molecular flexibility index (Phi) is 6.47. The smallest absolute Gasteiger partial charge is 0.264 e. The fraction of sp³-hybridized carbons (Fsp3) is 0.444. The maximum atomic E-state index is 15.1. The van der Waals surface area contributed by atoms with Gasteiger partial charge in [-0.1, -0.05) is 63.6 Å². The maximum Gasteiger partial charge on any atom is 0.264 e. The van der Waals surface area contributed by atoms with Gasteiger partial charge in [0.1, 0.15) is 0 Å². The van der Waals surface area contributed by atoms with Crippen LogP contribution in [0.15, 0.2) is 54.6 Å². The molecule has 5 heteroatoms. The molecule has 0 N–H and O–H groups in total. The number of Topliss-reactive ketones (excluding diaryl/α,β-unsaturated/α-hetero) is 1. The van der Waals surface area contributed by atoms with Gasteiger partial charge in [-0.3, -0.25) is 9.36 Å². The molecule has 2 aromatic carbocycles. The number of benzene rings is 2. The molecule has 0 saturated heterocycles. The number of hydrogen-bond acceptors (Lipinski definition) is 3. The van der Waals surface area contributed by atoms with Gasteiger partial charge in [-0.25, -0.2) is 0 Å². The SMILES string of the molecule is CC(=O)c1c(P(=O)(O[C@@H]2C[C@@H](C)CC[C@H]2C(C)C)c2ccccc2)c2ccccc2n1C. The third kappa shape index (κ3) is 4.00. The van der Waals surface area contributed by atoms with Gasteiger partial charge in [-0.15, -0.1) is 0 Å². The van der Waals surface area contributed by atoms with E-state index in [1.54, 1.807) is 6.92 Å². The molecule has 32 heavy (non-hydrogen) atoms. The Bertz CT molecular complexity index is 1160. The van der Waals surface area contributed by atoms with Crippen molar-refractivity contribution in [2.45, 2.75) is 53.1 Å². The molecule has 0 aliphatic heterocycles. The van der Waals surface area contributed by atoms with Crippen LogP contribution in [0.25, 0.3) is 10.9 Å². The van der Waals surface area contributed by atoms with E-state index in [2.05, 4.69) is 20.8 Å². The van der Waals surface area contributed by atoms with Crippen molar-refractivity contribution in [3.8, 4) is 0 Å². The minimum atomic E-state index is -3.55. The summed E-state index contributed by atoms with van der Waals surface area (Å²) in [5.41, 5.74) is 1.37. The number of fused-ring (bicyclic) bond motifs is 1. The molecular weight excluding hydrogens is 417 g/mol. The molecule has 170 valence electrons. The van der Waals surface area contributed by atoms with E-state index in [0.717, 1.165) is 23.7 Å². The highest BCUT2D eigenvalue weighted by atomic mass is 31.2. The van der Waals surface area contributed by atoms with Crippen LogP contribution in [0.4, 0.5) is 0 Å². The van der Waals surface area contributed by atoms with Gasteiger partial charge in [-0.2, -0.15) is 0 Å². The summed E-state index contributed by atoms with van der Waals surface area (Å²) in [5, 5.41) is 2.03. The van der Waals surface area contributed by atoms with Gasteiger partial charge >= 0.3 is 0 Å². The molecule has 1 heterocycles. The van der Waals surface area contributed by atoms with Crippen LogP contribution in [0.2, 0.25) is 0 Å². The first kappa shape index (κ1) is 23.0. The van der Waals surface area contributed by atoms with Gasteiger partial charge in [0.15, 0.2) is 5.78 Å². The molecule has 4 nitrogen and oxygen atoms in total. The summed E-state index contributed by atoms with van der Waals surface area (Å²) in [5.74, 6) is 1.21. The second-order valence-electron chi connectivity index (χ2n) is 9.69. The topological polar surface area (TPSA) is 48.3 Å². The monoisotopic (exact) mass is 451 g/mol. The van der Waals surface area contributed by atoms with Crippen LogP contribution in [0, 0.1) is 17.8 Å². The van der Waals surface area contributed by atoms with E-state index in [4.69, 9.17) is 4.52 Å². The lowest BCUT2D eigenvalue weighted by molar-refractivity contribution is 0.0514. The molecule has 0 amide bonds. The first-order chi connectivity index (χ1) is 15.2. The van der Waals surface area contributed by atoms with Crippen LogP contribution in [-0.4, -0.2) is 16.5 Å². The Labute approximate surface area is 191 Å². The van der Waals surface area contributed by atoms with E-state index in [-0.39, 0.29) is 11.9 Å². The quantitative estimate of drug-likeness (QED) is 0.337. The largest absolute Gasteiger partial charge is 0.341 e. The number of ketones is 1. The number of hydrogen-bond donors (Lipinski definition) is 0. The number of carbonyl (C=O) groups excluding carboxylic acids is 1. The molecule has 0 bridgehead atoms. The highest BCUT2D eigenvalue weighted by Crippen LogP contribution is 2.52. The Balaban J connectivity index is 1.97. The number of rotatable bonds is 6. The van der Waals surface area contributed by atoms with Gasteiger partial charge in [-0.05, 0) is 48.8 Å². The summed E-state index contributed by atoms with van der Waals surface area (Å²) in [6, 6.07) is 17.3. The average Bonchev–Trinajstić information content (AvgIpc) is 3.07. The predicted molar refractivity (Wildman–Crippen MR) is 132 cm³/mol. The van der Waals surface area contributed by atoms with Crippen LogP contribution >= 0.6 is 7.37 Å². The molecule has 4 atom stereocenters. The zero-order valence-corrected chi connectivity index (χ0v) is 20.6. The zero-order chi connectivity index (χ0) is 23.0. The van der Waals surface area contributed by atoms with Gasteiger partial charge < -0.3 is 9.09 Å². The highest BCUT2D eigenvalue weighted by molar-refractivity contribution is 7.75. The molecule has 1 aliphatic rings.